The SMILES string of the molecule is COc1ccsc1-c1n[nH]c(S(N)(=O)=O)n1. The smallest absolute Gasteiger partial charge is 0.273 e. The van der Waals surface area contributed by atoms with Gasteiger partial charge in [0.2, 0.25) is 0 Å². The van der Waals surface area contributed by atoms with E-state index in [1.807, 2.05) is 0 Å². The van der Waals surface area contributed by atoms with Crippen LogP contribution in [0.1, 0.15) is 0 Å². The van der Waals surface area contributed by atoms with Crippen LogP contribution in [0.5, 0.6) is 5.75 Å². The maximum absolute atomic E-state index is 11.0. The van der Waals surface area contributed by atoms with E-state index in [2.05, 4.69) is 15.2 Å². The van der Waals surface area contributed by atoms with Crippen molar-refractivity contribution in [2.45, 2.75) is 5.16 Å². The monoisotopic (exact) mass is 260 g/mol. The van der Waals surface area contributed by atoms with E-state index >= 15 is 0 Å². The second kappa shape index (κ2) is 3.85. The molecular weight excluding hydrogens is 252 g/mol. The van der Waals surface area contributed by atoms with Crippen molar-refractivity contribution in [3.8, 4) is 16.5 Å². The molecule has 0 spiro atoms. The molecule has 0 aromatic carbocycles. The Labute approximate surface area is 95.3 Å². The number of ether oxygens (including phenoxy) is 1. The molecule has 2 rings (SSSR count). The summed E-state index contributed by atoms with van der Waals surface area (Å²) in [6.07, 6.45) is 0. The highest BCUT2D eigenvalue weighted by Gasteiger charge is 2.17. The molecule has 0 aliphatic carbocycles. The van der Waals surface area contributed by atoms with Crippen molar-refractivity contribution in [3.63, 3.8) is 0 Å². The molecule has 0 fully saturated rings. The fourth-order valence-electron chi connectivity index (χ4n) is 1.10. The molecule has 86 valence electrons. The first-order valence-corrected chi connectivity index (χ1v) is 6.52. The van der Waals surface area contributed by atoms with E-state index in [4.69, 9.17) is 9.88 Å². The van der Waals surface area contributed by atoms with E-state index in [0.29, 0.717) is 10.6 Å². The second-order valence-corrected chi connectivity index (χ2v) is 5.22. The third-order valence-electron chi connectivity index (χ3n) is 1.79. The van der Waals surface area contributed by atoms with Gasteiger partial charge in [-0.3, -0.25) is 0 Å². The highest BCUT2D eigenvalue weighted by molar-refractivity contribution is 7.89. The molecule has 2 aromatic heterocycles. The molecule has 3 N–H and O–H groups in total. The van der Waals surface area contributed by atoms with Crippen LogP contribution in [0.4, 0.5) is 0 Å². The van der Waals surface area contributed by atoms with Gasteiger partial charge in [-0.15, -0.1) is 11.3 Å². The molecule has 2 heterocycles. The van der Waals surface area contributed by atoms with Gasteiger partial charge < -0.3 is 4.74 Å². The minimum absolute atomic E-state index is 0.246. The summed E-state index contributed by atoms with van der Waals surface area (Å²) in [5.41, 5.74) is 0. The lowest BCUT2D eigenvalue weighted by atomic mass is 10.4. The zero-order valence-corrected chi connectivity index (χ0v) is 9.80. The number of aromatic nitrogens is 3. The summed E-state index contributed by atoms with van der Waals surface area (Å²) in [6, 6.07) is 1.74. The van der Waals surface area contributed by atoms with Crippen molar-refractivity contribution in [2.24, 2.45) is 5.14 Å². The number of hydrogen-bond donors (Lipinski definition) is 2. The van der Waals surface area contributed by atoms with E-state index < -0.39 is 10.0 Å². The Bertz CT molecular complexity index is 601. The molecular formula is C7H8N4O3S2. The Morgan fingerprint density at radius 3 is 2.88 bits per heavy atom. The first kappa shape index (κ1) is 11.0. The summed E-state index contributed by atoms with van der Waals surface area (Å²) in [7, 11) is -2.35. The molecule has 0 aliphatic rings. The molecule has 0 radical (unpaired) electrons. The molecule has 0 atom stereocenters. The van der Waals surface area contributed by atoms with E-state index in [9.17, 15) is 8.42 Å². The molecule has 2 aromatic rings. The quantitative estimate of drug-likeness (QED) is 0.818. The Kier molecular flexibility index (Phi) is 2.66. The van der Waals surface area contributed by atoms with Gasteiger partial charge in [-0.2, -0.15) is 10.1 Å². The van der Waals surface area contributed by atoms with Crippen molar-refractivity contribution in [3.05, 3.63) is 11.4 Å². The number of hydrogen-bond acceptors (Lipinski definition) is 6. The van der Waals surface area contributed by atoms with Gasteiger partial charge in [-0.25, -0.2) is 18.7 Å². The van der Waals surface area contributed by atoms with Crippen LogP contribution in [0.25, 0.3) is 10.7 Å². The first-order valence-electron chi connectivity index (χ1n) is 4.09. The third-order valence-corrected chi connectivity index (χ3v) is 3.40. The minimum Gasteiger partial charge on any atom is -0.495 e. The number of thiophene rings is 1. The number of primary sulfonamides is 1. The number of nitrogens with one attached hydrogen (secondary N) is 1. The van der Waals surface area contributed by atoms with Crippen LogP contribution in [-0.2, 0) is 10.0 Å². The zero-order chi connectivity index (χ0) is 11.8. The van der Waals surface area contributed by atoms with E-state index in [1.54, 1.807) is 11.4 Å². The maximum atomic E-state index is 11.0. The van der Waals surface area contributed by atoms with Gasteiger partial charge in [-0.05, 0) is 11.4 Å². The molecule has 7 nitrogen and oxygen atoms in total. The number of nitrogens with zero attached hydrogens (tertiary/aromatic N) is 2. The fraction of sp³-hybridized carbons (Fsp3) is 0.143. The molecule has 0 saturated carbocycles. The summed E-state index contributed by atoms with van der Waals surface area (Å²) in [4.78, 5) is 4.43. The maximum Gasteiger partial charge on any atom is 0.273 e. The van der Waals surface area contributed by atoms with Crippen LogP contribution in [0.15, 0.2) is 16.6 Å². The van der Waals surface area contributed by atoms with Gasteiger partial charge in [0.05, 0.1) is 7.11 Å². The first-order chi connectivity index (χ1) is 7.52. The number of nitrogens with two attached hydrogens (primary N) is 1. The van der Waals surface area contributed by atoms with E-state index in [1.165, 1.54) is 18.4 Å². The predicted molar refractivity (Wildman–Crippen MR) is 57.6 cm³/mol. The zero-order valence-electron chi connectivity index (χ0n) is 8.17. The Morgan fingerprint density at radius 1 is 1.56 bits per heavy atom. The van der Waals surface area contributed by atoms with Crippen LogP contribution in [0.2, 0.25) is 0 Å². The summed E-state index contributed by atoms with van der Waals surface area (Å²) in [6.45, 7) is 0. The lowest BCUT2D eigenvalue weighted by Crippen LogP contribution is -2.13. The number of methoxy groups -OCH3 is 1. The Morgan fingerprint density at radius 2 is 2.31 bits per heavy atom. The van der Waals surface area contributed by atoms with Crippen molar-refractivity contribution in [2.75, 3.05) is 7.11 Å². The fourth-order valence-corrected chi connectivity index (χ4v) is 2.28. The molecule has 0 saturated heterocycles. The van der Waals surface area contributed by atoms with Gasteiger partial charge in [0.1, 0.15) is 10.6 Å². The van der Waals surface area contributed by atoms with Gasteiger partial charge >= 0.3 is 0 Å². The van der Waals surface area contributed by atoms with Crippen LogP contribution in [0.3, 0.4) is 0 Å². The van der Waals surface area contributed by atoms with Crippen molar-refractivity contribution < 1.29 is 13.2 Å². The molecule has 9 heteroatoms. The number of H-pyrrole nitrogens is 1. The lowest BCUT2D eigenvalue weighted by Gasteiger charge is -1.96. The standard InChI is InChI=1S/C7H8N4O3S2/c1-14-4-2-3-15-5(4)6-9-7(11-10-6)16(8,12)13/h2-3H,1H3,(H2,8,12,13)(H,9,10,11). The molecule has 0 unspecified atom stereocenters. The Hall–Kier alpha value is -1.45. The predicted octanol–water partition coefficient (Wildman–Crippen LogP) is 0.189. The molecule has 0 amide bonds. The number of aromatic amines is 1. The third kappa shape index (κ3) is 1.92. The van der Waals surface area contributed by atoms with Crippen molar-refractivity contribution in [1.82, 2.24) is 15.2 Å². The van der Waals surface area contributed by atoms with Gasteiger partial charge in [0, 0.05) is 0 Å². The number of rotatable bonds is 3. The minimum atomic E-state index is -3.86. The normalized spacial score (nSPS) is 11.6. The largest absolute Gasteiger partial charge is 0.495 e. The van der Waals surface area contributed by atoms with Crippen molar-refractivity contribution in [1.29, 1.82) is 0 Å². The van der Waals surface area contributed by atoms with Crippen LogP contribution >= 0.6 is 11.3 Å². The summed E-state index contributed by atoms with van der Waals surface area (Å²) < 4.78 is 27.0. The summed E-state index contributed by atoms with van der Waals surface area (Å²) in [5, 5.41) is 12.4. The van der Waals surface area contributed by atoms with E-state index in [-0.39, 0.29) is 11.0 Å². The molecule has 16 heavy (non-hydrogen) atoms. The van der Waals surface area contributed by atoms with Gasteiger partial charge in [0.25, 0.3) is 15.2 Å². The van der Waals surface area contributed by atoms with Crippen LogP contribution < -0.4 is 9.88 Å². The highest BCUT2D eigenvalue weighted by Crippen LogP contribution is 2.32. The number of sulfonamides is 1. The molecule has 0 aliphatic heterocycles. The topological polar surface area (TPSA) is 111 Å². The van der Waals surface area contributed by atoms with Crippen LogP contribution in [0, 0.1) is 0 Å². The lowest BCUT2D eigenvalue weighted by molar-refractivity contribution is 0.418. The average Bonchev–Trinajstić information content (AvgIpc) is 2.84. The van der Waals surface area contributed by atoms with Crippen molar-refractivity contribution >= 4 is 21.4 Å². The van der Waals surface area contributed by atoms with Crippen LogP contribution in [-0.4, -0.2) is 30.7 Å². The average molecular weight is 260 g/mol. The summed E-state index contributed by atoms with van der Waals surface area (Å²) >= 11 is 1.35. The second-order valence-electron chi connectivity index (χ2n) is 2.83. The summed E-state index contributed by atoms with van der Waals surface area (Å²) in [5.74, 6) is 0.834. The molecule has 0 bridgehead atoms. The highest BCUT2D eigenvalue weighted by atomic mass is 32.2. The van der Waals surface area contributed by atoms with E-state index in [0.717, 1.165) is 0 Å². The van der Waals surface area contributed by atoms with Gasteiger partial charge in [0.15, 0.2) is 5.82 Å². The van der Waals surface area contributed by atoms with Gasteiger partial charge in [-0.1, -0.05) is 0 Å². The Balaban J connectivity index is 2.47.